The maximum atomic E-state index is 16.7. The topological polar surface area (TPSA) is 197 Å². The Morgan fingerprint density at radius 1 is 0.804 bits per heavy atom. The Labute approximate surface area is 297 Å². The highest BCUT2D eigenvalue weighted by atomic mass is 19.1. The number of likely N-dealkylation sites (N-methyl/N-ethyl adjacent to an activating group) is 1. The van der Waals surface area contributed by atoms with Crippen molar-refractivity contribution in [3.05, 3.63) is 96.1 Å². The van der Waals surface area contributed by atoms with E-state index in [-0.39, 0.29) is 32.1 Å². The van der Waals surface area contributed by atoms with Gasteiger partial charge in [0.15, 0.2) is 0 Å². The van der Waals surface area contributed by atoms with Gasteiger partial charge in [0.2, 0.25) is 17.7 Å². The molecule has 51 heavy (non-hydrogen) atoms. The Kier molecular flexibility index (Phi) is 15.6. The Bertz CT molecular complexity index is 1580. The average molecular weight is 706 g/mol. The molecular weight excluding hydrogens is 657 g/mol. The number of unbranched alkanes of at least 4 members (excludes halogenated alkanes) is 1. The first-order valence-corrected chi connectivity index (χ1v) is 17.1. The van der Waals surface area contributed by atoms with E-state index < -0.39 is 66.0 Å². The largest absolute Gasteiger partial charge is 0.480 e. The van der Waals surface area contributed by atoms with E-state index >= 15 is 4.39 Å². The summed E-state index contributed by atoms with van der Waals surface area (Å²) in [6.07, 6.45) is 7.31. The van der Waals surface area contributed by atoms with Crippen molar-refractivity contribution in [2.75, 3.05) is 7.05 Å². The van der Waals surface area contributed by atoms with Crippen LogP contribution < -0.4 is 21.7 Å². The van der Waals surface area contributed by atoms with E-state index in [9.17, 15) is 29.1 Å². The Hall–Kier alpha value is -5.24. The number of hydrogen-bond donors (Lipinski definition) is 5. The smallest absolute Gasteiger partial charge is 0.326 e. The van der Waals surface area contributed by atoms with Crippen molar-refractivity contribution in [2.45, 2.75) is 95.2 Å². The third kappa shape index (κ3) is 12.2. The molecule has 0 saturated heterocycles. The van der Waals surface area contributed by atoms with Crippen molar-refractivity contribution in [3.8, 4) is 0 Å². The predicted octanol–water partition coefficient (Wildman–Crippen LogP) is 2.49. The number of amides is 4. The van der Waals surface area contributed by atoms with Crippen molar-refractivity contribution in [3.63, 3.8) is 0 Å². The summed E-state index contributed by atoms with van der Waals surface area (Å²) < 4.78 is 16.7. The van der Waals surface area contributed by atoms with Gasteiger partial charge in [-0.3, -0.25) is 29.1 Å². The monoisotopic (exact) mass is 705 g/mol. The molecule has 0 aliphatic carbocycles. The summed E-state index contributed by atoms with van der Waals surface area (Å²) >= 11 is 0. The van der Waals surface area contributed by atoms with Gasteiger partial charge in [-0.05, 0) is 41.7 Å². The first kappa shape index (κ1) is 40.2. The maximum Gasteiger partial charge on any atom is 0.326 e. The van der Waals surface area contributed by atoms with Crippen LogP contribution in [0.3, 0.4) is 0 Å². The summed E-state index contributed by atoms with van der Waals surface area (Å²) in [5.74, 6) is -7.88. The minimum atomic E-state index is -3.00. The lowest BCUT2D eigenvalue weighted by Gasteiger charge is -2.34. The van der Waals surface area contributed by atoms with Crippen molar-refractivity contribution < 1.29 is 33.5 Å². The normalized spacial score (nSPS) is 14.5. The molecule has 1 aromatic carbocycles. The van der Waals surface area contributed by atoms with Gasteiger partial charge in [-0.15, -0.1) is 0 Å². The third-order valence-electron chi connectivity index (χ3n) is 8.39. The SMILES string of the molecule is CCCC[C@H](NC(=O)[C@@H](N)Cc1cccnc1)C(=O)N[C@@H](Cc1ccccc1)C(=O)N[C@@](F)(CCC)C(=O)N(C)[C@@H](Cc1cccnc1)C(=O)O. The number of halogens is 1. The second-order valence-electron chi connectivity index (χ2n) is 12.5. The molecule has 0 spiro atoms. The number of carbonyl (C=O) groups is 5. The van der Waals surface area contributed by atoms with E-state index in [1.807, 2.05) is 6.92 Å². The van der Waals surface area contributed by atoms with E-state index in [4.69, 9.17) is 5.73 Å². The summed E-state index contributed by atoms with van der Waals surface area (Å²) in [6.45, 7) is 3.53. The summed E-state index contributed by atoms with van der Waals surface area (Å²) in [5.41, 5.74) is 8.05. The Morgan fingerprint density at radius 2 is 1.39 bits per heavy atom. The van der Waals surface area contributed by atoms with Gasteiger partial charge in [0.25, 0.3) is 11.7 Å². The van der Waals surface area contributed by atoms with Crippen LogP contribution in [0.4, 0.5) is 4.39 Å². The second-order valence-corrected chi connectivity index (χ2v) is 12.5. The van der Waals surface area contributed by atoms with Crippen molar-refractivity contribution in [2.24, 2.45) is 5.73 Å². The highest BCUT2D eigenvalue weighted by molar-refractivity contribution is 5.96. The number of nitrogens with one attached hydrogen (secondary N) is 3. The van der Waals surface area contributed by atoms with Gasteiger partial charge >= 0.3 is 5.97 Å². The minimum Gasteiger partial charge on any atom is -0.480 e. The summed E-state index contributed by atoms with van der Waals surface area (Å²) in [4.78, 5) is 75.4. The van der Waals surface area contributed by atoms with Crippen LogP contribution in [0.2, 0.25) is 0 Å². The van der Waals surface area contributed by atoms with E-state index in [0.717, 1.165) is 17.5 Å². The molecule has 2 aromatic heterocycles. The molecule has 13 nitrogen and oxygen atoms in total. The summed E-state index contributed by atoms with van der Waals surface area (Å²) in [7, 11) is 1.16. The van der Waals surface area contributed by atoms with Gasteiger partial charge in [-0.25, -0.2) is 9.18 Å². The number of pyridine rings is 2. The molecule has 5 atom stereocenters. The van der Waals surface area contributed by atoms with Gasteiger partial charge in [-0.1, -0.05) is 75.6 Å². The lowest BCUT2D eigenvalue weighted by atomic mass is 10.0. The van der Waals surface area contributed by atoms with Crippen LogP contribution in [-0.2, 0) is 43.2 Å². The first-order valence-electron chi connectivity index (χ1n) is 17.1. The standard InChI is InChI=1S/C37H48FN7O6/c1-4-6-16-29(42-32(46)28(39)20-26-14-10-18-40-23-26)33(47)43-30(21-25-12-8-7-9-13-25)34(48)44-37(38,17-5-2)36(51)45(3)31(35(49)50)22-27-15-11-19-41-24-27/h7-15,18-19,23-24,28-31H,4-6,16-17,20-22,39H2,1-3H3,(H,42,46)(H,43,47)(H,44,48)(H,49,50)/t28-,29-,30-,31-,37-/m0/s1. The van der Waals surface area contributed by atoms with Gasteiger partial charge in [0.05, 0.1) is 6.04 Å². The van der Waals surface area contributed by atoms with Crippen molar-refractivity contribution in [1.82, 2.24) is 30.8 Å². The van der Waals surface area contributed by atoms with Gasteiger partial charge in [0.1, 0.15) is 18.1 Å². The van der Waals surface area contributed by atoms with E-state index in [1.165, 1.54) is 12.4 Å². The molecule has 4 amide bonds. The first-order chi connectivity index (χ1) is 24.4. The van der Waals surface area contributed by atoms with Crippen LogP contribution in [0.1, 0.15) is 62.6 Å². The van der Waals surface area contributed by atoms with Gasteiger partial charge in [0, 0.05) is 51.1 Å². The lowest BCUT2D eigenvalue weighted by Crippen LogP contribution is -2.63. The zero-order valence-electron chi connectivity index (χ0n) is 29.3. The number of nitrogens with two attached hydrogens (primary N) is 1. The molecule has 0 aliphatic rings. The zero-order valence-corrected chi connectivity index (χ0v) is 29.3. The third-order valence-corrected chi connectivity index (χ3v) is 8.39. The number of aromatic nitrogens is 2. The molecule has 274 valence electrons. The van der Waals surface area contributed by atoms with Crippen LogP contribution in [0, 0.1) is 0 Å². The number of carboxylic acids is 1. The molecule has 2 heterocycles. The molecule has 0 bridgehead atoms. The minimum absolute atomic E-state index is 0.0711. The predicted molar refractivity (Wildman–Crippen MR) is 188 cm³/mol. The van der Waals surface area contributed by atoms with Crippen LogP contribution >= 0.6 is 0 Å². The molecule has 3 rings (SSSR count). The zero-order chi connectivity index (χ0) is 37.4. The number of benzene rings is 1. The fraction of sp³-hybridized carbons (Fsp3) is 0.432. The average Bonchev–Trinajstić information content (AvgIpc) is 3.12. The van der Waals surface area contributed by atoms with Gasteiger partial charge in [-0.2, -0.15) is 0 Å². The maximum absolute atomic E-state index is 16.7. The highest BCUT2D eigenvalue weighted by Crippen LogP contribution is 2.22. The Morgan fingerprint density at radius 3 is 1.94 bits per heavy atom. The lowest BCUT2D eigenvalue weighted by molar-refractivity contribution is -0.158. The quantitative estimate of drug-likeness (QED) is 0.110. The van der Waals surface area contributed by atoms with E-state index in [1.54, 1.807) is 73.9 Å². The molecule has 0 saturated carbocycles. The number of alkyl halides is 1. The number of carboxylic acid groups (broad SMARTS) is 1. The van der Waals surface area contributed by atoms with E-state index in [0.29, 0.717) is 24.0 Å². The molecule has 0 aliphatic heterocycles. The number of nitrogens with zero attached hydrogens (tertiary/aromatic N) is 3. The highest BCUT2D eigenvalue weighted by Gasteiger charge is 2.45. The van der Waals surface area contributed by atoms with Crippen molar-refractivity contribution in [1.29, 1.82) is 0 Å². The second kappa shape index (κ2) is 19.8. The Balaban J connectivity index is 1.84. The van der Waals surface area contributed by atoms with Crippen molar-refractivity contribution >= 4 is 29.6 Å². The number of hydrogen-bond acceptors (Lipinski definition) is 8. The fourth-order valence-electron chi connectivity index (χ4n) is 5.56. The van der Waals surface area contributed by atoms with Crippen LogP contribution in [0.25, 0.3) is 0 Å². The van der Waals surface area contributed by atoms with Crippen LogP contribution in [0.5, 0.6) is 0 Å². The molecule has 6 N–H and O–H groups in total. The summed E-state index contributed by atoms with van der Waals surface area (Å²) in [5, 5.41) is 17.5. The number of rotatable bonds is 20. The van der Waals surface area contributed by atoms with Crippen LogP contribution in [0.15, 0.2) is 79.4 Å². The summed E-state index contributed by atoms with van der Waals surface area (Å²) in [6, 6.07) is 10.6. The van der Waals surface area contributed by atoms with Gasteiger partial charge < -0.3 is 31.7 Å². The number of aliphatic carboxylic acids is 1. The number of carbonyl (C=O) groups excluding carboxylic acids is 4. The molecule has 0 unspecified atom stereocenters. The molecule has 0 fully saturated rings. The molecule has 3 aromatic rings. The molecule has 14 heteroatoms. The molecular formula is C37H48FN7O6. The fourth-order valence-corrected chi connectivity index (χ4v) is 5.56. The molecule has 0 radical (unpaired) electrons. The van der Waals surface area contributed by atoms with Crippen LogP contribution in [-0.4, -0.2) is 86.6 Å². The van der Waals surface area contributed by atoms with E-state index in [2.05, 4.69) is 25.9 Å².